The van der Waals surface area contributed by atoms with Gasteiger partial charge in [0, 0.05) is 11.8 Å². The molecule has 23 heavy (non-hydrogen) atoms. The van der Waals surface area contributed by atoms with Crippen molar-refractivity contribution in [2.75, 3.05) is 11.9 Å². The van der Waals surface area contributed by atoms with E-state index in [0.29, 0.717) is 29.3 Å². The number of rotatable bonds is 7. The average molecular weight is 316 g/mol. The SMILES string of the molecule is CCCCOC(=O)c1ccc(NC(=O)Cc2cc(C)on2)cc1. The van der Waals surface area contributed by atoms with Gasteiger partial charge in [-0.1, -0.05) is 18.5 Å². The summed E-state index contributed by atoms with van der Waals surface area (Å²) < 4.78 is 10.0. The number of benzene rings is 1. The van der Waals surface area contributed by atoms with Crippen LogP contribution in [0.25, 0.3) is 0 Å². The number of anilines is 1. The molecule has 6 heteroatoms. The van der Waals surface area contributed by atoms with Crippen LogP contribution in [0.4, 0.5) is 5.69 Å². The second-order valence-corrected chi connectivity index (χ2v) is 5.22. The lowest BCUT2D eigenvalue weighted by atomic mass is 10.2. The number of unbranched alkanes of at least 4 members (excludes halogenated alkanes) is 1. The number of aryl methyl sites for hydroxylation is 1. The number of hydrogen-bond acceptors (Lipinski definition) is 5. The van der Waals surface area contributed by atoms with E-state index < -0.39 is 0 Å². The van der Waals surface area contributed by atoms with Crippen molar-refractivity contribution in [3.05, 3.63) is 47.3 Å². The van der Waals surface area contributed by atoms with Crippen LogP contribution in [0.1, 0.15) is 41.6 Å². The van der Waals surface area contributed by atoms with Crippen LogP contribution in [-0.2, 0) is 16.0 Å². The molecule has 0 saturated carbocycles. The summed E-state index contributed by atoms with van der Waals surface area (Å²) >= 11 is 0. The zero-order chi connectivity index (χ0) is 16.7. The molecule has 1 aromatic carbocycles. The van der Waals surface area contributed by atoms with E-state index in [1.807, 2.05) is 6.92 Å². The van der Waals surface area contributed by atoms with Crippen LogP contribution in [0, 0.1) is 6.92 Å². The number of aromatic nitrogens is 1. The number of esters is 1. The average Bonchev–Trinajstić information content (AvgIpc) is 2.93. The molecule has 0 unspecified atom stereocenters. The van der Waals surface area contributed by atoms with Crippen molar-refractivity contribution in [2.24, 2.45) is 0 Å². The van der Waals surface area contributed by atoms with Gasteiger partial charge in [0.2, 0.25) is 5.91 Å². The molecule has 1 aromatic heterocycles. The molecular weight excluding hydrogens is 296 g/mol. The highest BCUT2D eigenvalue weighted by atomic mass is 16.5. The molecule has 0 aliphatic rings. The fraction of sp³-hybridized carbons (Fsp3) is 0.353. The first kappa shape index (κ1) is 16.7. The van der Waals surface area contributed by atoms with Gasteiger partial charge in [0.15, 0.2) is 0 Å². The van der Waals surface area contributed by atoms with Gasteiger partial charge in [-0.2, -0.15) is 0 Å². The number of nitrogens with zero attached hydrogens (tertiary/aromatic N) is 1. The molecule has 0 saturated heterocycles. The quantitative estimate of drug-likeness (QED) is 0.627. The minimum absolute atomic E-state index is 0.137. The van der Waals surface area contributed by atoms with Gasteiger partial charge in [-0.05, 0) is 37.6 Å². The van der Waals surface area contributed by atoms with Gasteiger partial charge in [-0.3, -0.25) is 4.79 Å². The molecule has 1 N–H and O–H groups in total. The normalized spacial score (nSPS) is 10.3. The standard InChI is InChI=1S/C17H20N2O4/c1-3-4-9-22-17(21)13-5-7-14(8-6-13)18-16(20)11-15-10-12(2)23-19-15/h5-8,10H,3-4,9,11H2,1-2H3,(H,18,20). The highest BCUT2D eigenvalue weighted by Crippen LogP contribution is 2.12. The van der Waals surface area contributed by atoms with Crippen LogP contribution < -0.4 is 5.32 Å². The Kier molecular flexibility index (Phi) is 5.91. The van der Waals surface area contributed by atoms with Gasteiger partial charge in [0.05, 0.1) is 24.3 Å². The van der Waals surface area contributed by atoms with Gasteiger partial charge in [0.1, 0.15) is 5.76 Å². The first-order chi connectivity index (χ1) is 11.1. The second-order valence-electron chi connectivity index (χ2n) is 5.22. The molecule has 0 radical (unpaired) electrons. The second kappa shape index (κ2) is 8.12. The maximum absolute atomic E-state index is 11.9. The lowest BCUT2D eigenvalue weighted by Gasteiger charge is -2.06. The molecule has 6 nitrogen and oxygen atoms in total. The van der Waals surface area contributed by atoms with Crippen molar-refractivity contribution in [1.29, 1.82) is 0 Å². The summed E-state index contributed by atoms with van der Waals surface area (Å²) in [5.74, 6) is 0.115. The molecule has 0 aliphatic carbocycles. The lowest BCUT2D eigenvalue weighted by molar-refractivity contribution is -0.115. The third kappa shape index (κ3) is 5.25. The van der Waals surface area contributed by atoms with E-state index in [1.54, 1.807) is 37.3 Å². The van der Waals surface area contributed by atoms with E-state index in [-0.39, 0.29) is 18.3 Å². The van der Waals surface area contributed by atoms with Crippen LogP contribution in [0.15, 0.2) is 34.9 Å². The molecule has 0 fully saturated rings. The van der Waals surface area contributed by atoms with Crippen molar-refractivity contribution in [3.8, 4) is 0 Å². The summed E-state index contributed by atoms with van der Waals surface area (Å²) in [5.41, 5.74) is 1.66. The summed E-state index contributed by atoms with van der Waals surface area (Å²) in [6.45, 7) is 4.23. The largest absolute Gasteiger partial charge is 0.462 e. The summed E-state index contributed by atoms with van der Waals surface area (Å²) in [6, 6.07) is 8.31. The number of carbonyl (C=O) groups is 2. The third-order valence-corrected chi connectivity index (χ3v) is 3.15. The van der Waals surface area contributed by atoms with E-state index in [1.165, 1.54) is 0 Å². The van der Waals surface area contributed by atoms with Gasteiger partial charge < -0.3 is 14.6 Å². The smallest absolute Gasteiger partial charge is 0.338 e. The maximum Gasteiger partial charge on any atom is 0.338 e. The van der Waals surface area contributed by atoms with Gasteiger partial charge in [-0.25, -0.2) is 4.79 Å². The predicted octanol–water partition coefficient (Wildman–Crippen LogP) is 3.12. The van der Waals surface area contributed by atoms with E-state index in [0.717, 1.165) is 12.8 Å². The third-order valence-electron chi connectivity index (χ3n) is 3.15. The fourth-order valence-electron chi connectivity index (χ4n) is 1.95. The van der Waals surface area contributed by atoms with Crippen LogP contribution in [0.3, 0.4) is 0 Å². The van der Waals surface area contributed by atoms with Gasteiger partial charge >= 0.3 is 5.97 Å². The minimum atomic E-state index is -0.352. The summed E-state index contributed by atoms with van der Waals surface area (Å²) in [7, 11) is 0. The first-order valence-electron chi connectivity index (χ1n) is 7.57. The Morgan fingerprint density at radius 2 is 2.00 bits per heavy atom. The van der Waals surface area contributed by atoms with Crippen LogP contribution in [-0.4, -0.2) is 23.6 Å². The highest BCUT2D eigenvalue weighted by Gasteiger charge is 2.10. The Morgan fingerprint density at radius 1 is 1.26 bits per heavy atom. The van der Waals surface area contributed by atoms with Gasteiger partial charge in [0.25, 0.3) is 0 Å². The Bertz CT molecular complexity index is 661. The summed E-state index contributed by atoms with van der Waals surface area (Å²) in [5, 5.41) is 6.52. The number of nitrogens with one attached hydrogen (secondary N) is 1. The molecule has 122 valence electrons. The number of hydrogen-bond donors (Lipinski definition) is 1. The Hall–Kier alpha value is -2.63. The van der Waals surface area contributed by atoms with Crippen molar-refractivity contribution in [1.82, 2.24) is 5.16 Å². The Balaban J connectivity index is 1.86. The molecule has 0 spiro atoms. The first-order valence-corrected chi connectivity index (χ1v) is 7.57. The van der Waals surface area contributed by atoms with Crippen molar-refractivity contribution in [3.63, 3.8) is 0 Å². The van der Waals surface area contributed by atoms with E-state index in [2.05, 4.69) is 10.5 Å². The molecule has 1 amide bonds. The minimum Gasteiger partial charge on any atom is -0.462 e. The molecule has 2 aromatic rings. The molecule has 0 atom stereocenters. The zero-order valence-electron chi connectivity index (χ0n) is 13.3. The predicted molar refractivity (Wildman–Crippen MR) is 85.2 cm³/mol. The van der Waals surface area contributed by atoms with Crippen LogP contribution in [0.2, 0.25) is 0 Å². The zero-order valence-corrected chi connectivity index (χ0v) is 13.3. The monoisotopic (exact) mass is 316 g/mol. The van der Waals surface area contributed by atoms with E-state index >= 15 is 0 Å². The molecule has 0 aliphatic heterocycles. The number of ether oxygens (including phenoxy) is 1. The van der Waals surface area contributed by atoms with E-state index in [4.69, 9.17) is 9.26 Å². The van der Waals surface area contributed by atoms with Gasteiger partial charge in [-0.15, -0.1) is 0 Å². The van der Waals surface area contributed by atoms with Crippen molar-refractivity contribution >= 4 is 17.6 Å². The Morgan fingerprint density at radius 3 is 2.61 bits per heavy atom. The fourth-order valence-corrected chi connectivity index (χ4v) is 1.95. The number of amides is 1. The lowest BCUT2D eigenvalue weighted by Crippen LogP contribution is -2.14. The maximum atomic E-state index is 11.9. The molecule has 1 heterocycles. The Labute approximate surface area is 134 Å². The number of carbonyl (C=O) groups excluding carboxylic acids is 2. The molecular formula is C17H20N2O4. The topological polar surface area (TPSA) is 81.4 Å². The summed E-state index contributed by atoms with van der Waals surface area (Å²) in [6.07, 6.45) is 1.96. The molecule has 0 bridgehead atoms. The molecule has 2 rings (SSSR count). The van der Waals surface area contributed by atoms with Crippen molar-refractivity contribution < 1.29 is 18.8 Å². The van der Waals surface area contributed by atoms with Crippen molar-refractivity contribution in [2.45, 2.75) is 33.1 Å². The van der Waals surface area contributed by atoms with Crippen LogP contribution in [0.5, 0.6) is 0 Å². The summed E-state index contributed by atoms with van der Waals surface area (Å²) in [4.78, 5) is 23.7. The van der Waals surface area contributed by atoms with E-state index in [9.17, 15) is 9.59 Å². The highest BCUT2D eigenvalue weighted by molar-refractivity contribution is 5.93. The van der Waals surface area contributed by atoms with Crippen LogP contribution >= 0.6 is 0 Å².